The zero-order chi connectivity index (χ0) is 17.3. The quantitative estimate of drug-likeness (QED) is 0.679. The van der Waals surface area contributed by atoms with Crippen LogP contribution in [-0.4, -0.2) is 18.0 Å². The Bertz CT molecular complexity index is 716. The summed E-state index contributed by atoms with van der Waals surface area (Å²) >= 11 is 0. The van der Waals surface area contributed by atoms with Crippen molar-refractivity contribution in [2.75, 3.05) is 6.61 Å². The summed E-state index contributed by atoms with van der Waals surface area (Å²) < 4.78 is 6.71. The zero-order valence-electron chi connectivity index (χ0n) is 16.1. The minimum atomic E-state index is 0.269. The van der Waals surface area contributed by atoms with Crippen LogP contribution < -0.4 is 0 Å². The van der Waals surface area contributed by atoms with Gasteiger partial charge < -0.3 is 4.74 Å². The Balaban J connectivity index is 1.33. The molecule has 2 nitrogen and oxygen atoms in total. The minimum absolute atomic E-state index is 0.269. The SMILES string of the molecule is CC[C@]12CCC3C(C1[C@@H]1C[C@@H]1[C@@]21CCCO1)[C@H]1C[C@H]1C1=CC(=O)CC[C@@H]13. The van der Waals surface area contributed by atoms with Gasteiger partial charge in [-0.05, 0) is 105 Å². The predicted molar refractivity (Wildman–Crippen MR) is 99.4 cm³/mol. The first-order valence-corrected chi connectivity index (χ1v) is 11.6. The van der Waals surface area contributed by atoms with Crippen molar-refractivity contribution in [2.45, 2.75) is 70.3 Å². The molecule has 140 valence electrons. The van der Waals surface area contributed by atoms with Gasteiger partial charge in [0.25, 0.3) is 0 Å². The number of ketones is 1. The number of allylic oxidation sites excluding steroid dienone is 1. The number of carbonyl (C=O) groups excluding carboxylic acids is 1. The van der Waals surface area contributed by atoms with Gasteiger partial charge in [0.1, 0.15) is 0 Å². The van der Waals surface area contributed by atoms with Crippen molar-refractivity contribution in [3.05, 3.63) is 11.6 Å². The van der Waals surface area contributed by atoms with Gasteiger partial charge in [0, 0.05) is 18.4 Å². The molecule has 6 fully saturated rings. The second-order valence-corrected chi connectivity index (χ2v) is 10.9. The van der Waals surface area contributed by atoms with Crippen LogP contribution in [0, 0.1) is 52.8 Å². The van der Waals surface area contributed by atoms with E-state index in [-0.39, 0.29) is 5.60 Å². The number of ether oxygens (including phenoxy) is 1. The van der Waals surface area contributed by atoms with Gasteiger partial charge in [-0.25, -0.2) is 0 Å². The van der Waals surface area contributed by atoms with E-state index in [1.54, 1.807) is 5.57 Å². The van der Waals surface area contributed by atoms with Gasteiger partial charge in [0.2, 0.25) is 0 Å². The fourth-order valence-corrected chi connectivity index (χ4v) is 9.93. The molecule has 1 aliphatic heterocycles. The molecule has 0 amide bonds. The Labute approximate surface area is 157 Å². The molecule has 6 aliphatic carbocycles. The maximum atomic E-state index is 12.1. The Hall–Kier alpha value is -0.630. The zero-order valence-corrected chi connectivity index (χ0v) is 16.1. The molecule has 3 unspecified atom stereocenters. The van der Waals surface area contributed by atoms with Crippen LogP contribution in [0.4, 0.5) is 0 Å². The highest BCUT2D eigenvalue weighted by Gasteiger charge is 2.79. The van der Waals surface area contributed by atoms with E-state index in [0.29, 0.717) is 11.2 Å². The molecule has 0 bridgehead atoms. The van der Waals surface area contributed by atoms with E-state index in [0.717, 1.165) is 66.8 Å². The summed E-state index contributed by atoms with van der Waals surface area (Å²) in [6, 6.07) is 0. The maximum absolute atomic E-state index is 12.1. The molecule has 26 heavy (non-hydrogen) atoms. The van der Waals surface area contributed by atoms with E-state index in [4.69, 9.17) is 4.74 Å². The van der Waals surface area contributed by atoms with Crippen LogP contribution in [0.15, 0.2) is 11.6 Å². The van der Waals surface area contributed by atoms with Crippen LogP contribution in [-0.2, 0) is 9.53 Å². The lowest BCUT2D eigenvalue weighted by molar-refractivity contribution is -0.161. The average molecular weight is 353 g/mol. The maximum Gasteiger partial charge on any atom is 0.155 e. The van der Waals surface area contributed by atoms with Gasteiger partial charge in [-0.2, -0.15) is 0 Å². The standard InChI is InChI=1S/C24H32O2/c1-2-23-8-6-15-14-5-4-13(25)10-16(14)17-11-18(17)21(15)22(23)19-12-20(19)24(23)7-3-9-26-24/h10,14-15,17-22H,2-9,11-12H2,1H3/t14-,15?,17+,18+,19-,20+,21?,22?,23+,24+/m1/s1. The minimum Gasteiger partial charge on any atom is -0.374 e. The van der Waals surface area contributed by atoms with Crippen molar-refractivity contribution in [3.63, 3.8) is 0 Å². The van der Waals surface area contributed by atoms with Gasteiger partial charge in [-0.3, -0.25) is 4.79 Å². The molecule has 0 aromatic rings. The number of carbonyl (C=O) groups is 1. The van der Waals surface area contributed by atoms with Crippen molar-refractivity contribution >= 4 is 5.78 Å². The van der Waals surface area contributed by atoms with Crippen molar-refractivity contribution < 1.29 is 9.53 Å². The summed E-state index contributed by atoms with van der Waals surface area (Å²) in [7, 11) is 0. The van der Waals surface area contributed by atoms with E-state index < -0.39 is 0 Å². The molecule has 0 aromatic carbocycles. The number of rotatable bonds is 1. The van der Waals surface area contributed by atoms with E-state index in [2.05, 4.69) is 13.0 Å². The van der Waals surface area contributed by atoms with Crippen LogP contribution in [0.2, 0.25) is 0 Å². The Morgan fingerprint density at radius 1 is 1.12 bits per heavy atom. The van der Waals surface area contributed by atoms with Gasteiger partial charge in [-0.15, -0.1) is 0 Å². The first kappa shape index (κ1) is 15.3. The smallest absolute Gasteiger partial charge is 0.155 e. The van der Waals surface area contributed by atoms with Crippen LogP contribution in [0.5, 0.6) is 0 Å². The predicted octanol–water partition coefficient (Wildman–Crippen LogP) is 4.78. The summed E-state index contributed by atoms with van der Waals surface area (Å²) in [4.78, 5) is 12.1. The number of hydrogen-bond acceptors (Lipinski definition) is 2. The highest BCUT2D eigenvalue weighted by atomic mass is 16.5. The third-order valence-corrected chi connectivity index (χ3v) is 10.6. The summed E-state index contributed by atoms with van der Waals surface area (Å²) in [5.74, 6) is 7.56. The molecule has 1 saturated heterocycles. The van der Waals surface area contributed by atoms with E-state index >= 15 is 0 Å². The van der Waals surface area contributed by atoms with Gasteiger partial charge in [0.15, 0.2) is 5.78 Å². The molecule has 0 aromatic heterocycles. The van der Waals surface area contributed by atoms with Crippen LogP contribution in [0.1, 0.15) is 64.7 Å². The molecule has 1 spiro atoms. The van der Waals surface area contributed by atoms with Crippen LogP contribution in [0.25, 0.3) is 0 Å². The van der Waals surface area contributed by atoms with Crippen molar-refractivity contribution in [1.29, 1.82) is 0 Å². The Kier molecular flexibility index (Phi) is 2.75. The van der Waals surface area contributed by atoms with E-state index in [1.165, 1.54) is 44.9 Å². The fourth-order valence-electron chi connectivity index (χ4n) is 9.93. The van der Waals surface area contributed by atoms with Gasteiger partial charge in [-0.1, -0.05) is 12.5 Å². The molecular weight excluding hydrogens is 320 g/mol. The third-order valence-electron chi connectivity index (χ3n) is 10.6. The molecule has 2 heteroatoms. The second kappa shape index (κ2) is 4.67. The molecule has 0 N–H and O–H groups in total. The topological polar surface area (TPSA) is 26.3 Å². The van der Waals surface area contributed by atoms with Gasteiger partial charge >= 0.3 is 0 Å². The highest BCUT2D eigenvalue weighted by molar-refractivity contribution is 5.91. The summed E-state index contributed by atoms with van der Waals surface area (Å²) in [5, 5.41) is 0. The number of hydrogen-bond donors (Lipinski definition) is 0. The molecule has 10 atom stereocenters. The lowest BCUT2D eigenvalue weighted by atomic mass is 9.47. The normalized spacial score (nSPS) is 61.3. The summed E-state index contributed by atoms with van der Waals surface area (Å²) in [6.07, 6.45) is 13.8. The molecule has 5 saturated carbocycles. The fraction of sp³-hybridized carbons (Fsp3) is 0.875. The first-order chi connectivity index (χ1) is 12.7. The van der Waals surface area contributed by atoms with E-state index in [1.807, 2.05) is 0 Å². The Morgan fingerprint density at radius 2 is 2.04 bits per heavy atom. The molecule has 0 radical (unpaired) electrons. The molecule has 7 aliphatic rings. The van der Waals surface area contributed by atoms with Crippen molar-refractivity contribution in [1.82, 2.24) is 0 Å². The third kappa shape index (κ3) is 1.53. The molecule has 7 rings (SSSR count). The summed E-state index contributed by atoms with van der Waals surface area (Å²) in [5.41, 5.74) is 2.37. The lowest BCUT2D eigenvalue weighted by Crippen LogP contribution is -2.56. The van der Waals surface area contributed by atoms with Crippen molar-refractivity contribution in [3.8, 4) is 0 Å². The largest absolute Gasteiger partial charge is 0.374 e. The monoisotopic (exact) mass is 352 g/mol. The van der Waals surface area contributed by atoms with Crippen LogP contribution in [0.3, 0.4) is 0 Å². The second-order valence-electron chi connectivity index (χ2n) is 10.9. The molecular formula is C24H32O2. The highest BCUT2D eigenvalue weighted by Crippen LogP contribution is 2.81. The Morgan fingerprint density at radius 3 is 2.85 bits per heavy atom. The van der Waals surface area contributed by atoms with Crippen LogP contribution >= 0.6 is 0 Å². The summed E-state index contributed by atoms with van der Waals surface area (Å²) in [6.45, 7) is 3.51. The molecule has 1 heterocycles. The first-order valence-electron chi connectivity index (χ1n) is 11.6. The van der Waals surface area contributed by atoms with Crippen molar-refractivity contribution in [2.24, 2.45) is 52.8 Å². The van der Waals surface area contributed by atoms with Gasteiger partial charge in [0.05, 0.1) is 5.60 Å². The van der Waals surface area contributed by atoms with E-state index in [9.17, 15) is 4.79 Å². The number of fused-ring (bicyclic) bond motifs is 12. The average Bonchev–Trinajstić information content (AvgIpc) is 3.56. The lowest BCUT2D eigenvalue weighted by Gasteiger charge is -2.58.